The molecule has 0 bridgehead atoms. The molecule has 0 aliphatic carbocycles. The first-order valence-corrected chi connectivity index (χ1v) is 7.47. The fraction of sp³-hybridized carbons (Fsp3) is 0.412. The number of hydrogen-bond acceptors (Lipinski definition) is 4. The van der Waals surface area contributed by atoms with Gasteiger partial charge in [-0.2, -0.15) is 5.10 Å². The lowest BCUT2D eigenvalue weighted by atomic mass is 10.1. The summed E-state index contributed by atoms with van der Waals surface area (Å²) in [5.41, 5.74) is 3.47. The Hall–Kier alpha value is -2.30. The average molecular weight is 302 g/mol. The van der Waals surface area contributed by atoms with Crippen molar-refractivity contribution in [1.82, 2.24) is 9.78 Å². The predicted octanol–water partition coefficient (Wildman–Crippen LogP) is 2.99. The molecule has 0 saturated heterocycles. The quantitative estimate of drug-likeness (QED) is 0.770. The maximum Gasteiger partial charge on any atom is 0.359 e. The number of benzene rings is 1. The topological polar surface area (TPSA) is 53.3 Å². The Balaban J connectivity index is 2.29. The molecule has 0 spiro atoms. The van der Waals surface area contributed by atoms with Gasteiger partial charge < -0.3 is 9.47 Å². The number of esters is 1. The van der Waals surface area contributed by atoms with Gasteiger partial charge in [-0.05, 0) is 38.0 Å². The number of hydrogen-bond donors (Lipinski definition) is 0. The summed E-state index contributed by atoms with van der Waals surface area (Å²) in [6.07, 6.45) is 0.814. The van der Waals surface area contributed by atoms with Gasteiger partial charge in [0, 0.05) is 11.3 Å². The summed E-state index contributed by atoms with van der Waals surface area (Å²) >= 11 is 0. The minimum absolute atomic E-state index is 0.352. The van der Waals surface area contributed by atoms with Crippen LogP contribution in [0.25, 0.3) is 0 Å². The van der Waals surface area contributed by atoms with Gasteiger partial charge >= 0.3 is 5.97 Å². The van der Waals surface area contributed by atoms with Crippen LogP contribution in [0, 0.1) is 6.92 Å². The molecule has 0 aliphatic heterocycles. The Morgan fingerprint density at radius 3 is 2.45 bits per heavy atom. The summed E-state index contributed by atoms with van der Waals surface area (Å²) in [7, 11) is 1.65. The van der Waals surface area contributed by atoms with Crippen LogP contribution in [0.3, 0.4) is 0 Å². The van der Waals surface area contributed by atoms with E-state index < -0.39 is 0 Å². The molecule has 2 aromatic rings. The number of rotatable bonds is 6. The molecule has 0 fully saturated rings. The zero-order valence-corrected chi connectivity index (χ0v) is 13.5. The van der Waals surface area contributed by atoms with E-state index >= 15 is 0 Å². The van der Waals surface area contributed by atoms with Crippen molar-refractivity contribution in [2.75, 3.05) is 13.7 Å². The molecule has 0 amide bonds. The van der Waals surface area contributed by atoms with Crippen LogP contribution >= 0.6 is 0 Å². The number of nitrogens with zero attached hydrogens (tertiary/aromatic N) is 2. The van der Waals surface area contributed by atoms with E-state index in [9.17, 15) is 4.79 Å². The molecule has 0 aliphatic rings. The van der Waals surface area contributed by atoms with Crippen LogP contribution < -0.4 is 4.74 Å². The van der Waals surface area contributed by atoms with Crippen molar-refractivity contribution >= 4 is 5.97 Å². The van der Waals surface area contributed by atoms with Gasteiger partial charge in [-0.25, -0.2) is 4.79 Å². The van der Waals surface area contributed by atoms with E-state index in [1.807, 2.05) is 35.9 Å². The molecule has 118 valence electrons. The molecular weight excluding hydrogens is 280 g/mol. The minimum atomic E-state index is -0.358. The lowest BCUT2D eigenvalue weighted by Crippen LogP contribution is -2.09. The van der Waals surface area contributed by atoms with Gasteiger partial charge in [0.1, 0.15) is 5.75 Å². The maximum absolute atomic E-state index is 12.0. The summed E-state index contributed by atoms with van der Waals surface area (Å²) in [5, 5.41) is 4.45. The SMILES string of the molecule is CCOC(=O)c1nn(Cc2ccc(OC)cc2)c(CC)c1C. The number of carbonyl (C=O) groups excluding carboxylic acids is 1. The van der Waals surface area contributed by atoms with Gasteiger partial charge in [-0.1, -0.05) is 19.1 Å². The van der Waals surface area contributed by atoms with Crippen LogP contribution in [0.4, 0.5) is 0 Å². The number of carbonyl (C=O) groups is 1. The molecule has 2 rings (SSSR count). The van der Waals surface area contributed by atoms with Crippen LogP contribution in [0.15, 0.2) is 24.3 Å². The second-order valence-electron chi connectivity index (χ2n) is 5.00. The third-order valence-electron chi connectivity index (χ3n) is 3.62. The van der Waals surface area contributed by atoms with Crippen molar-refractivity contribution in [3.63, 3.8) is 0 Å². The first-order chi connectivity index (χ1) is 10.6. The standard InChI is InChI=1S/C17H22N2O3/c1-5-15-12(3)16(17(20)22-6-2)18-19(15)11-13-7-9-14(21-4)10-8-13/h7-10H,5-6,11H2,1-4H3. The highest BCUT2D eigenvalue weighted by Crippen LogP contribution is 2.18. The molecule has 5 heteroatoms. The lowest BCUT2D eigenvalue weighted by Gasteiger charge is -2.07. The van der Waals surface area contributed by atoms with Gasteiger partial charge in [0.15, 0.2) is 5.69 Å². The van der Waals surface area contributed by atoms with Gasteiger partial charge in [-0.3, -0.25) is 4.68 Å². The summed E-state index contributed by atoms with van der Waals surface area (Å²) in [6.45, 7) is 6.74. The van der Waals surface area contributed by atoms with Crippen LogP contribution in [-0.4, -0.2) is 29.5 Å². The number of aromatic nitrogens is 2. The number of methoxy groups -OCH3 is 1. The molecular formula is C17H22N2O3. The fourth-order valence-electron chi connectivity index (χ4n) is 2.46. The predicted molar refractivity (Wildman–Crippen MR) is 84.4 cm³/mol. The van der Waals surface area contributed by atoms with E-state index in [2.05, 4.69) is 12.0 Å². The molecule has 0 unspecified atom stereocenters. The van der Waals surface area contributed by atoms with E-state index in [1.54, 1.807) is 14.0 Å². The Kier molecular flexibility index (Phi) is 5.20. The second kappa shape index (κ2) is 7.11. The summed E-state index contributed by atoms with van der Waals surface area (Å²) in [6, 6.07) is 7.84. The van der Waals surface area contributed by atoms with E-state index in [0.29, 0.717) is 18.8 Å². The molecule has 1 aromatic heterocycles. The monoisotopic (exact) mass is 302 g/mol. The van der Waals surface area contributed by atoms with Crippen molar-refractivity contribution < 1.29 is 14.3 Å². The van der Waals surface area contributed by atoms with Crippen molar-refractivity contribution in [2.45, 2.75) is 33.7 Å². The molecule has 0 atom stereocenters. The Morgan fingerprint density at radius 1 is 1.23 bits per heavy atom. The molecule has 22 heavy (non-hydrogen) atoms. The van der Waals surface area contributed by atoms with E-state index in [-0.39, 0.29) is 5.97 Å². The first-order valence-electron chi connectivity index (χ1n) is 7.47. The lowest BCUT2D eigenvalue weighted by molar-refractivity contribution is 0.0517. The highest BCUT2D eigenvalue weighted by atomic mass is 16.5. The van der Waals surface area contributed by atoms with Crippen LogP contribution in [0.2, 0.25) is 0 Å². The second-order valence-corrected chi connectivity index (χ2v) is 5.00. The van der Waals surface area contributed by atoms with Crippen LogP contribution in [0.1, 0.15) is 41.2 Å². The largest absolute Gasteiger partial charge is 0.497 e. The molecule has 1 aromatic carbocycles. The molecule has 1 heterocycles. The van der Waals surface area contributed by atoms with E-state index in [4.69, 9.17) is 9.47 Å². The highest BCUT2D eigenvalue weighted by molar-refractivity contribution is 5.89. The smallest absolute Gasteiger partial charge is 0.359 e. The molecule has 0 N–H and O–H groups in total. The van der Waals surface area contributed by atoms with Crippen LogP contribution in [-0.2, 0) is 17.7 Å². The van der Waals surface area contributed by atoms with Crippen LogP contribution in [0.5, 0.6) is 5.75 Å². The molecule has 0 radical (unpaired) electrons. The highest BCUT2D eigenvalue weighted by Gasteiger charge is 2.20. The van der Waals surface area contributed by atoms with Gasteiger partial charge in [-0.15, -0.1) is 0 Å². The molecule has 0 saturated carbocycles. The van der Waals surface area contributed by atoms with Gasteiger partial charge in [0.25, 0.3) is 0 Å². The van der Waals surface area contributed by atoms with Crippen molar-refractivity contribution in [3.05, 3.63) is 46.8 Å². The average Bonchev–Trinajstić information content (AvgIpc) is 2.84. The van der Waals surface area contributed by atoms with Gasteiger partial charge in [0.2, 0.25) is 0 Å². The molecule has 5 nitrogen and oxygen atoms in total. The third kappa shape index (κ3) is 3.30. The normalized spacial score (nSPS) is 10.5. The zero-order chi connectivity index (χ0) is 16.1. The summed E-state index contributed by atoms with van der Waals surface area (Å²) in [5.74, 6) is 0.464. The number of ether oxygens (including phenoxy) is 2. The fourth-order valence-corrected chi connectivity index (χ4v) is 2.46. The summed E-state index contributed by atoms with van der Waals surface area (Å²) < 4.78 is 12.1. The van der Waals surface area contributed by atoms with Crippen molar-refractivity contribution in [3.8, 4) is 5.75 Å². The zero-order valence-electron chi connectivity index (χ0n) is 13.5. The maximum atomic E-state index is 12.0. The first kappa shape index (κ1) is 16.1. The van der Waals surface area contributed by atoms with E-state index in [0.717, 1.165) is 29.0 Å². The van der Waals surface area contributed by atoms with Crippen molar-refractivity contribution in [1.29, 1.82) is 0 Å². The van der Waals surface area contributed by atoms with Gasteiger partial charge in [0.05, 0.1) is 20.3 Å². The minimum Gasteiger partial charge on any atom is -0.497 e. The summed E-state index contributed by atoms with van der Waals surface area (Å²) in [4.78, 5) is 12.0. The Morgan fingerprint density at radius 2 is 1.91 bits per heavy atom. The van der Waals surface area contributed by atoms with Crippen molar-refractivity contribution in [2.24, 2.45) is 0 Å². The Labute approximate surface area is 130 Å². The van der Waals surface area contributed by atoms with E-state index in [1.165, 1.54) is 0 Å². The third-order valence-corrected chi connectivity index (χ3v) is 3.62. The Bertz CT molecular complexity index is 645.